The van der Waals surface area contributed by atoms with Crippen LogP contribution in [0.2, 0.25) is 0 Å². The third kappa shape index (κ3) is 8.79. The van der Waals surface area contributed by atoms with Gasteiger partial charge in [0.2, 0.25) is 5.91 Å². The molecule has 1 aliphatic rings. The Balaban J connectivity index is 1.37. The summed E-state index contributed by atoms with van der Waals surface area (Å²) in [6.45, 7) is 3.08. The normalized spacial score (nSPS) is 13.8. The first-order chi connectivity index (χ1) is 16.1. The van der Waals surface area contributed by atoms with Crippen LogP contribution < -0.4 is 20.7 Å². The molecule has 2 aromatic carbocycles. The molecular weight excluding hydrogens is 414 g/mol. The van der Waals surface area contributed by atoms with Crippen LogP contribution in [0.15, 0.2) is 48.5 Å². The molecule has 0 bridgehead atoms. The molecule has 0 saturated heterocycles. The molecule has 0 aliphatic heterocycles. The van der Waals surface area contributed by atoms with Gasteiger partial charge in [0.05, 0.1) is 13.2 Å². The minimum atomic E-state index is -0.148. The van der Waals surface area contributed by atoms with Crippen LogP contribution in [0.4, 0.5) is 11.4 Å². The van der Waals surface area contributed by atoms with Crippen molar-refractivity contribution < 1.29 is 14.3 Å². The number of rotatable bonds is 12. The highest BCUT2D eigenvalue weighted by Crippen LogP contribution is 2.19. The summed E-state index contributed by atoms with van der Waals surface area (Å²) < 4.78 is 5.75. The van der Waals surface area contributed by atoms with Crippen LogP contribution in [0.25, 0.3) is 0 Å². The third-order valence-corrected chi connectivity index (χ3v) is 5.95. The Morgan fingerprint density at radius 1 is 0.879 bits per heavy atom. The highest BCUT2D eigenvalue weighted by Gasteiger charge is 2.16. The highest BCUT2D eigenvalue weighted by atomic mass is 16.5. The van der Waals surface area contributed by atoms with E-state index in [1.807, 2.05) is 24.3 Å². The minimum absolute atomic E-state index is 0.0465. The largest absolute Gasteiger partial charge is 0.494 e. The molecule has 0 unspecified atom stereocenters. The number of nitrogens with one attached hydrogen (secondary N) is 3. The molecule has 0 heterocycles. The van der Waals surface area contributed by atoms with E-state index in [2.05, 4.69) is 22.9 Å². The summed E-state index contributed by atoms with van der Waals surface area (Å²) in [5.74, 6) is 0.648. The van der Waals surface area contributed by atoms with Gasteiger partial charge in [0.15, 0.2) is 0 Å². The van der Waals surface area contributed by atoms with E-state index < -0.39 is 0 Å². The van der Waals surface area contributed by atoms with E-state index in [9.17, 15) is 9.59 Å². The fraction of sp³-hybridized carbons (Fsp3) is 0.481. The zero-order chi connectivity index (χ0) is 23.3. The van der Waals surface area contributed by atoms with Gasteiger partial charge in [0.1, 0.15) is 5.75 Å². The Labute approximate surface area is 197 Å². The van der Waals surface area contributed by atoms with Gasteiger partial charge in [0.25, 0.3) is 5.91 Å². The number of hydrogen-bond acceptors (Lipinski definition) is 4. The summed E-state index contributed by atoms with van der Waals surface area (Å²) >= 11 is 0. The van der Waals surface area contributed by atoms with Crippen LogP contribution in [-0.2, 0) is 4.79 Å². The van der Waals surface area contributed by atoms with Crippen LogP contribution in [0.1, 0.15) is 75.1 Å². The topological polar surface area (TPSA) is 79.5 Å². The van der Waals surface area contributed by atoms with Crippen LogP contribution in [-0.4, -0.2) is 31.0 Å². The molecule has 0 aromatic heterocycles. The van der Waals surface area contributed by atoms with Gasteiger partial charge in [-0.05, 0) is 67.8 Å². The molecule has 3 rings (SSSR count). The summed E-state index contributed by atoms with van der Waals surface area (Å²) in [6.07, 6.45) is 10.5. The smallest absolute Gasteiger partial charge is 0.251 e. The van der Waals surface area contributed by atoms with Gasteiger partial charge < -0.3 is 20.7 Å². The first-order valence-electron chi connectivity index (χ1n) is 12.3. The Morgan fingerprint density at radius 2 is 1.58 bits per heavy atom. The van der Waals surface area contributed by atoms with Gasteiger partial charge >= 0.3 is 0 Å². The van der Waals surface area contributed by atoms with Crippen LogP contribution >= 0.6 is 0 Å². The Morgan fingerprint density at radius 3 is 2.27 bits per heavy atom. The quantitative estimate of drug-likeness (QED) is 0.359. The van der Waals surface area contributed by atoms with Gasteiger partial charge in [0, 0.05) is 23.0 Å². The standard InChI is InChI=1S/C27H37N3O3/c1-2-3-4-8-19-33-25-17-15-22(16-18-25)28-20-26(31)29-24-13-11-21(12-14-24)27(32)30-23-9-6-5-7-10-23/h11-18,23,28H,2-10,19-20H2,1H3,(H,29,31)(H,30,32). The minimum Gasteiger partial charge on any atom is -0.494 e. The zero-order valence-corrected chi connectivity index (χ0v) is 19.7. The molecule has 33 heavy (non-hydrogen) atoms. The second kappa shape index (κ2) is 13.5. The molecule has 1 saturated carbocycles. The average Bonchev–Trinajstić information content (AvgIpc) is 2.84. The van der Waals surface area contributed by atoms with Crippen molar-refractivity contribution in [3.8, 4) is 5.75 Å². The highest BCUT2D eigenvalue weighted by molar-refractivity contribution is 5.96. The van der Waals surface area contributed by atoms with Gasteiger partial charge in [-0.15, -0.1) is 0 Å². The molecule has 6 nitrogen and oxygen atoms in total. The van der Waals surface area contributed by atoms with Crippen LogP contribution in [0.3, 0.4) is 0 Å². The molecule has 0 radical (unpaired) electrons. The van der Waals surface area contributed by atoms with Gasteiger partial charge in [-0.25, -0.2) is 0 Å². The maximum absolute atomic E-state index is 12.4. The lowest BCUT2D eigenvalue weighted by molar-refractivity contribution is -0.114. The lowest BCUT2D eigenvalue weighted by atomic mass is 9.95. The third-order valence-electron chi connectivity index (χ3n) is 5.95. The monoisotopic (exact) mass is 451 g/mol. The van der Waals surface area contributed by atoms with E-state index in [0.29, 0.717) is 11.3 Å². The first-order valence-corrected chi connectivity index (χ1v) is 12.3. The number of carbonyl (C=O) groups excluding carboxylic acids is 2. The maximum atomic E-state index is 12.4. The molecule has 1 fully saturated rings. The summed E-state index contributed by atoms with van der Waals surface area (Å²) in [5.41, 5.74) is 2.14. The van der Waals surface area contributed by atoms with Crippen molar-refractivity contribution in [3.63, 3.8) is 0 Å². The molecule has 3 N–H and O–H groups in total. The van der Waals surface area contributed by atoms with E-state index in [-0.39, 0.29) is 24.4 Å². The fourth-order valence-electron chi connectivity index (χ4n) is 4.00. The molecular formula is C27H37N3O3. The van der Waals surface area contributed by atoms with Crippen LogP contribution in [0.5, 0.6) is 5.75 Å². The molecule has 1 aliphatic carbocycles. The average molecular weight is 452 g/mol. The van der Waals surface area contributed by atoms with Crippen molar-refractivity contribution in [1.29, 1.82) is 0 Å². The number of carbonyl (C=O) groups is 2. The van der Waals surface area contributed by atoms with E-state index in [4.69, 9.17) is 4.74 Å². The van der Waals surface area contributed by atoms with E-state index >= 15 is 0 Å². The van der Waals surface area contributed by atoms with Gasteiger partial charge in [-0.3, -0.25) is 9.59 Å². The van der Waals surface area contributed by atoms with Gasteiger partial charge in [-0.1, -0.05) is 45.4 Å². The molecule has 2 aromatic rings. The number of amides is 2. The van der Waals surface area contributed by atoms with Crippen molar-refractivity contribution in [2.24, 2.45) is 0 Å². The van der Waals surface area contributed by atoms with Crippen molar-refractivity contribution in [2.45, 2.75) is 70.8 Å². The van der Waals surface area contributed by atoms with Crippen molar-refractivity contribution >= 4 is 23.2 Å². The molecule has 178 valence electrons. The SMILES string of the molecule is CCCCCCOc1ccc(NCC(=O)Nc2ccc(C(=O)NC3CCCCC3)cc2)cc1. The number of anilines is 2. The molecule has 0 spiro atoms. The van der Waals surface area contributed by atoms with E-state index in [1.54, 1.807) is 24.3 Å². The van der Waals surface area contributed by atoms with Crippen molar-refractivity contribution in [2.75, 3.05) is 23.8 Å². The molecule has 0 atom stereocenters. The predicted molar refractivity (Wildman–Crippen MR) is 134 cm³/mol. The Bertz CT molecular complexity index is 859. The number of hydrogen-bond donors (Lipinski definition) is 3. The first kappa shape index (κ1) is 24.6. The lowest BCUT2D eigenvalue weighted by Gasteiger charge is -2.22. The summed E-state index contributed by atoms with van der Waals surface area (Å²) in [5, 5.41) is 9.09. The second-order valence-corrected chi connectivity index (χ2v) is 8.72. The number of benzene rings is 2. The number of unbranched alkanes of at least 4 members (excludes halogenated alkanes) is 3. The predicted octanol–water partition coefficient (Wildman–Crippen LogP) is 5.76. The van der Waals surface area contributed by atoms with Gasteiger partial charge in [-0.2, -0.15) is 0 Å². The van der Waals surface area contributed by atoms with Crippen molar-refractivity contribution in [1.82, 2.24) is 5.32 Å². The Kier molecular flexibility index (Phi) is 10.1. The summed E-state index contributed by atoms with van der Waals surface area (Å²) in [7, 11) is 0. The van der Waals surface area contributed by atoms with Crippen molar-refractivity contribution in [3.05, 3.63) is 54.1 Å². The second-order valence-electron chi connectivity index (χ2n) is 8.72. The Hall–Kier alpha value is -3.02. The number of ether oxygens (including phenoxy) is 1. The zero-order valence-electron chi connectivity index (χ0n) is 19.7. The summed E-state index contributed by atoms with van der Waals surface area (Å²) in [4.78, 5) is 24.7. The molecule has 6 heteroatoms. The van der Waals surface area contributed by atoms with E-state index in [0.717, 1.165) is 37.3 Å². The maximum Gasteiger partial charge on any atom is 0.251 e. The summed E-state index contributed by atoms with van der Waals surface area (Å²) in [6, 6.07) is 15.0. The van der Waals surface area contributed by atoms with E-state index in [1.165, 1.54) is 38.5 Å². The molecule has 2 amide bonds. The van der Waals surface area contributed by atoms with Crippen LogP contribution in [0, 0.1) is 0 Å². The lowest BCUT2D eigenvalue weighted by Crippen LogP contribution is -2.36. The fourth-order valence-corrected chi connectivity index (χ4v) is 4.00.